The van der Waals surface area contributed by atoms with E-state index in [2.05, 4.69) is 36.4 Å². The van der Waals surface area contributed by atoms with Gasteiger partial charge in [0.1, 0.15) is 24.8 Å². The lowest BCUT2D eigenvalue weighted by atomic mass is 10.0. The summed E-state index contributed by atoms with van der Waals surface area (Å²) in [5, 5.41) is 27.0. The molecule has 0 aliphatic rings. The van der Waals surface area contributed by atoms with Gasteiger partial charge in [-0.3, -0.25) is 38.8 Å². The second-order valence-electron chi connectivity index (χ2n) is 18.1. The van der Waals surface area contributed by atoms with Crippen LogP contribution in [-0.4, -0.2) is 159 Å². The monoisotopic (exact) mass is 1070 g/mol. The molecule has 13 N–H and O–H groups in total. The van der Waals surface area contributed by atoms with Crippen LogP contribution in [0.4, 0.5) is 0 Å². The third-order valence-electron chi connectivity index (χ3n) is 11.7. The van der Waals surface area contributed by atoms with Crippen LogP contribution in [0.3, 0.4) is 0 Å². The van der Waals surface area contributed by atoms with Crippen molar-refractivity contribution in [3.05, 3.63) is 29.8 Å². The number of carbonyl (C=O) groups excluding carboxylic acids is 6. The lowest BCUT2D eigenvalue weighted by Crippen LogP contribution is -2.48. The summed E-state index contributed by atoms with van der Waals surface area (Å²) >= 11 is 0. The summed E-state index contributed by atoms with van der Waals surface area (Å²) in [6, 6.07) is 5.22. The summed E-state index contributed by atoms with van der Waals surface area (Å²) in [5.74, 6) is 3.25. The maximum absolute atomic E-state index is 12.8. The molecule has 0 aliphatic heterocycles. The van der Waals surface area contributed by atoms with E-state index >= 15 is 0 Å². The molecule has 74 heavy (non-hydrogen) atoms. The molecular formula is C50H90N10O13S. The van der Waals surface area contributed by atoms with Gasteiger partial charge in [0.05, 0.1) is 64.0 Å². The van der Waals surface area contributed by atoms with E-state index in [1.807, 2.05) is 0 Å². The van der Waals surface area contributed by atoms with Crippen molar-refractivity contribution in [2.75, 3.05) is 91.8 Å². The molecule has 2 atom stereocenters. The Bertz CT molecular complexity index is 1850. The number of carbonyl (C=O) groups is 6. The fourth-order valence-corrected chi connectivity index (χ4v) is 8.52. The Morgan fingerprint density at radius 1 is 0.581 bits per heavy atom. The van der Waals surface area contributed by atoms with Gasteiger partial charge in [-0.05, 0) is 69.7 Å². The lowest BCUT2D eigenvalue weighted by Gasteiger charge is -2.19. The summed E-state index contributed by atoms with van der Waals surface area (Å²) < 4.78 is 48.2. The van der Waals surface area contributed by atoms with Crippen LogP contribution in [0, 0.1) is 0 Å². The van der Waals surface area contributed by atoms with Crippen molar-refractivity contribution in [3.63, 3.8) is 0 Å². The number of ketones is 1. The first kappa shape index (κ1) is 67.0. The molecule has 0 bridgehead atoms. The quantitative estimate of drug-likeness (QED) is 0.0145. The van der Waals surface area contributed by atoms with Gasteiger partial charge in [0.2, 0.25) is 39.6 Å². The number of phenols is 1. The van der Waals surface area contributed by atoms with Crippen molar-refractivity contribution < 1.29 is 61.2 Å². The number of hydrogen-bond acceptors (Lipinski definition) is 17. The number of primary amides is 1. The number of hydrazone groups is 1. The number of hydrogen-bond donors (Lipinski definition) is 10. The van der Waals surface area contributed by atoms with Crippen molar-refractivity contribution in [1.29, 1.82) is 0 Å². The van der Waals surface area contributed by atoms with E-state index in [4.69, 9.17) is 36.3 Å². The summed E-state index contributed by atoms with van der Waals surface area (Å²) in [7, 11) is -2.14. The molecule has 23 nitrogen and oxygen atoms in total. The number of unbranched alkanes of at least 4 members (excludes halogenated alkanes) is 13. The van der Waals surface area contributed by atoms with Gasteiger partial charge in [-0.1, -0.05) is 82.8 Å². The number of likely N-dealkylation sites (N-methyl/N-ethyl adjacent to an activating group) is 1. The number of ether oxygens (including phenoxy) is 4. The summed E-state index contributed by atoms with van der Waals surface area (Å²) in [5.41, 5.74) is 11.9. The number of nitrogens with zero attached hydrogens (tertiary/aromatic N) is 1. The van der Waals surface area contributed by atoms with Gasteiger partial charge in [-0.2, -0.15) is 5.10 Å². The Labute approximate surface area is 439 Å². The number of Topliss-reactive ketones (excluding diaryl/α,β-unsaturated/α-hetero) is 1. The second kappa shape index (κ2) is 44.3. The van der Waals surface area contributed by atoms with Gasteiger partial charge >= 0.3 is 0 Å². The van der Waals surface area contributed by atoms with Crippen LogP contribution < -0.4 is 48.6 Å². The number of nitrogens with one attached hydrogen (secondary N) is 6. The minimum Gasteiger partial charge on any atom is -0.508 e. The fourth-order valence-electron chi connectivity index (χ4n) is 7.44. The van der Waals surface area contributed by atoms with Crippen LogP contribution in [0.25, 0.3) is 0 Å². The van der Waals surface area contributed by atoms with E-state index < -0.39 is 33.9 Å². The van der Waals surface area contributed by atoms with Crippen molar-refractivity contribution in [2.45, 2.75) is 147 Å². The van der Waals surface area contributed by atoms with E-state index in [-0.39, 0.29) is 133 Å². The van der Waals surface area contributed by atoms with Crippen LogP contribution in [-0.2, 0) is 64.2 Å². The standard InChI is InChI=1S/C50H90N10O13S/c1-54-42(44(62)37-58-43(50(52)67)36-40-22-24-41(61)25-23-40)18-15-16-26-55-48(65)38-72-33-32-71-30-28-57-49(66)39-73-34-31-70-29-27-56-46(63)21-17-35-74(68,69)60-47(64)20-14-12-10-8-6-4-2-3-5-7-9-11-13-19-45(51)59-53/h22-25,42-43,54,58,61H,2-21,26-39,53H2,1H3,(H2,51,59)(H2,52,67)(H,55,65)(H,56,63)(H,57,66)(H,60,64)/t42-,43-/m0/s1. The van der Waals surface area contributed by atoms with E-state index in [1.165, 1.54) is 50.7 Å². The molecule has 5 amide bonds. The third-order valence-corrected chi connectivity index (χ3v) is 13.0. The molecule has 1 aromatic rings. The SMILES string of the molecule is CN[C@@H](CCCCNC(=O)COCCOCCNC(=O)COCCOCCNC(=O)CCCS(=O)(=O)NC(=O)CCCCCCCCCCCCCCC/C(N)=N/N)C(=O)CN[C@@H](Cc1ccc(O)cc1)C(N)=O. The molecular weight excluding hydrogens is 981 g/mol. The molecule has 0 fully saturated rings. The molecule has 0 aliphatic carbocycles. The van der Waals surface area contributed by atoms with Crippen LogP contribution in [0.5, 0.6) is 5.75 Å². The Kier molecular flexibility index (Phi) is 40.2. The highest BCUT2D eigenvalue weighted by molar-refractivity contribution is 7.90. The molecule has 0 spiro atoms. The maximum Gasteiger partial charge on any atom is 0.246 e. The van der Waals surface area contributed by atoms with Gasteiger partial charge in [0.25, 0.3) is 0 Å². The molecule has 1 rings (SSSR count). The van der Waals surface area contributed by atoms with Gasteiger partial charge in [-0.15, -0.1) is 0 Å². The Balaban J connectivity index is 1.92. The summed E-state index contributed by atoms with van der Waals surface area (Å²) in [6.07, 6.45) is 17.4. The highest BCUT2D eigenvalue weighted by Gasteiger charge is 2.21. The molecule has 0 saturated heterocycles. The Morgan fingerprint density at radius 2 is 1.07 bits per heavy atom. The van der Waals surface area contributed by atoms with E-state index in [1.54, 1.807) is 19.2 Å². The minimum atomic E-state index is -3.82. The highest BCUT2D eigenvalue weighted by atomic mass is 32.2. The lowest BCUT2D eigenvalue weighted by molar-refractivity contribution is -0.127. The van der Waals surface area contributed by atoms with Crippen molar-refractivity contribution in [1.82, 2.24) is 31.3 Å². The average Bonchev–Trinajstić information content (AvgIpc) is 3.36. The minimum absolute atomic E-state index is 0.0171. The molecule has 0 aromatic heterocycles. The number of aromatic hydroxyl groups is 1. The first-order chi connectivity index (χ1) is 35.6. The molecule has 0 radical (unpaired) electrons. The summed E-state index contributed by atoms with van der Waals surface area (Å²) in [4.78, 5) is 73.1. The van der Waals surface area contributed by atoms with Crippen molar-refractivity contribution >= 4 is 51.2 Å². The molecule has 0 unspecified atom stereocenters. The number of phenolic OH excluding ortho intramolecular Hbond substituents is 1. The van der Waals surface area contributed by atoms with Crippen LogP contribution in [0.1, 0.15) is 134 Å². The van der Waals surface area contributed by atoms with Gasteiger partial charge in [0.15, 0.2) is 5.78 Å². The number of benzene rings is 1. The Hall–Kier alpha value is -4.98. The van der Waals surface area contributed by atoms with Crippen LogP contribution in [0.2, 0.25) is 0 Å². The van der Waals surface area contributed by atoms with Crippen molar-refractivity contribution in [3.8, 4) is 5.75 Å². The van der Waals surface area contributed by atoms with Crippen LogP contribution >= 0.6 is 0 Å². The number of sulfonamides is 1. The summed E-state index contributed by atoms with van der Waals surface area (Å²) in [6.45, 7) is 1.69. The highest BCUT2D eigenvalue weighted by Crippen LogP contribution is 2.14. The Morgan fingerprint density at radius 3 is 1.59 bits per heavy atom. The smallest absolute Gasteiger partial charge is 0.246 e. The zero-order valence-electron chi connectivity index (χ0n) is 43.9. The maximum atomic E-state index is 12.8. The number of amides is 5. The van der Waals surface area contributed by atoms with Gasteiger partial charge < -0.3 is 62.6 Å². The molecule has 424 valence electrons. The average molecular weight is 1070 g/mol. The first-order valence-electron chi connectivity index (χ1n) is 26.3. The number of nitrogens with two attached hydrogens (primary N) is 3. The number of rotatable bonds is 50. The molecule has 24 heteroatoms. The first-order valence-corrected chi connectivity index (χ1v) is 28.0. The normalized spacial score (nSPS) is 12.5. The molecule has 0 saturated carbocycles. The van der Waals surface area contributed by atoms with Crippen molar-refractivity contribution in [2.24, 2.45) is 22.4 Å². The zero-order valence-corrected chi connectivity index (χ0v) is 44.8. The van der Waals surface area contributed by atoms with E-state index in [0.717, 1.165) is 50.5 Å². The molecule has 1 aromatic carbocycles. The topological polar surface area (TPSA) is 356 Å². The predicted octanol–water partition coefficient (Wildman–Crippen LogP) is 1.43. The van der Waals surface area contributed by atoms with Gasteiger partial charge in [-0.25, -0.2) is 8.42 Å². The van der Waals surface area contributed by atoms with E-state index in [0.29, 0.717) is 38.1 Å². The second-order valence-corrected chi connectivity index (χ2v) is 19.9. The van der Waals surface area contributed by atoms with Crippen LogP contribution in [0.15, 0.2) is 29.4 Å². The largest absolute Gasteiger partial charge is 0.508 e. The number of amidine groups is 1. The predicted molar refractivity (Wildman–Crippen MR) is 283 cm³/mol. The third kappa shape index (κ3) is 39.5. The molecule has 0 heterocycles. The van der Waals surface area contributed by atoms with Gasteiger partial charge in [0, 0.05) is 38.9 Å². The zero-order chi connectivity index (χ0) is 54.5. The van der Waals surface area contributed by atoms with E-state index in [9.17, 15) is 42.3 Å². The fraction of sp³-hybridized carbons (Fsp3) is 0.740.